The van der Waals surface area contributed by atoms with Crippen molar-refractivity contribution in [3.05, 3.63) is 65.2 Å². The van der Waals surface area contributed by atoms with Crippen LogP contribution in [-0.4, -0.2) is 48.3 Å². The first-order chi connectivity index (χ1) is 15.7. The van der Waals surface area contributed by atoms with Gasteiger partial charge >= 0.3 is 6.18 Å². The lowest BCUT2D eigenvalue weighted by atomic mass is 9.91. The number of fused-ring (bicyclic) bond motifs is 1. The minimum atomic E-state index is -4.42. The van der Waals surface area contributed by atoms with Crippen molar-refractivity contribution < 1.29 is 32.2 Å². The van der Waals surface area contributed by atoms with Crippen molar-refractivity contribution >= 4 is 22.8 Å². The first kappa shape index (κ1) is 21.8. The smallest absolute Gasteiger partial charge is 0.416 e. The van der Waals surface area contributed by atoms with Crippen LogP contribution >= 0.6 is 0 Å². The summed E-state index contributed by atoms with van der Waals surface area (Å²) in [6.07, 6.45) is -3.04. The van der Waals surface area contributed by atoms with Gasteiger partial charge in [-0.1, -0.05) is 18.2 Å². The Morgan fingerprint density at radius 2 is 1.76 bits per heavy atom. The fourth-order valence-electron chi connectivity index (χ4n) is 4.27. The van der Waals surface area contributed by atoms with Crippen LogP contribution in [0.5, 0.6) is 0 Å². The number of rotatable bonds is 4. The standard InChI is InChI=1S/C24H23F3N2O4/c25-24(26,27)18-6-3-16-11-21(33-20(16)12-18)28-19-7-9-29(10-8-19)22(30)15-1-4-17(5-2-15)23(31)13-32-14-23/h1-6,11-12,19,28,31H,7-10,13-14H2. The molecule has 0 aliphatic carbocycles. The highest BCUT2D eigenvalue weighted by Crippen LogP contribution is 2.34. The fraction of sp³-hybridized carbons (Fsp3) is 0.375. The Kier molecular flexibility index (Phi) is 5.33. The molecule has 33 heavy (non-hydrogen) atoms. The monoisotopic (exact) mass is 460 g/mol. The molecule has 2 N–H and O–H groups in total. The van der Waals surface area contributed by atoms with Gasteiger partial charge in [0.25, 0.3) is 5.91 Å². The van der Waals surface area contributed by atoms with Crippen molar-refractivity contribution in [1.82, 2.24) is 4.90 Å². The number of carbonyl (C=O) groups excluding carboxylic acids is 1. The summed E-state index contributed by atoms with van der Waals surface area (Å²) >= 11 is 0. The van der Waals surface area contributed by atoms with Crippen molar-refractivity contribution in [2.24, 2.45) is 0 Å². The maximum Gasteiger partial charge on any atom is 0.416 e. The third-order valence-electron chi connectivity index (χ3n) is 6.33. The van der Waals surface area contributed by atoms with Gasteiger partial charge in [-0.2, -0.15) is 13.2 Å². The molecule has 2 aliphatic heterocycles. The molecule has 0 unspecified atom stereocenters. The molecular formula is C24H23F3N2O4. The average molecular weight is 460 g/mol. The number of likely N-dealkylation sites (tertiary alicyclic amines) is 1. The fourth-order valence-corrected chi connectivity index (χ4v) is 4.27. The molecule has 3 heterocycles. The molecule has 0 spiro atoms. The zero-order valence-corrected chi connectivity index (χ0v) is 17.7. The van der Waals surface area contributed by atoms with E-state index in [1.54, 1.807) is 35.2 Å². The normalized spacial score (nSPS) is 18.8. The van der Waals surface area contributed by atoms with E-state index in [-0.39, 0.29) is 30.7 Å². The number of ether oxygens (including phenoxy) is 1. The van der Waals surface area contributed by atoms with E-state index in [0.29, 0.717) is 42.8 Å². The molecule has 2 fully saturated rings. The molecule has 0 bridgehead atoms. The topological polar surface area (TPSA) is 74.9 Å². The van der Waals surface area contributed by atoms with E-state index in [0.717, 1.165) is 17.7 Å². The number of hydrogen-bond donors (Lipinski definition) is 2. The molecule has 2 aromatic carbocycles. The Morgan fingerprint density at radius 1 is 1.06 bits per heavy atom. The second kappa shape index (κ2) is 8.07. The van der Waals surface area contributed by atoms with Gasteiger partial charge in [0.05, 0.1) is 18.8 Å². The average Bonchev–Trinajstić information content (AvgIpc) is 3.18. The maximum atomic E-state index is 12.9. The van der Waals surface area contributed by atoms with Crippen molar-refractivity contribution in [3.63, 3.8) is 0 Å². The van der Waals surface area contributed by atoms with Crippen molar-refractivity contribution in [1.29, 1.82) is 0 Å². The molecule has 5 rings (SSSR count). The van der Waals surface area contributed by atoms with Crippen LogP contribution in [0.2, 0.25) is 0 Å². The summed E-state index contributed by atoms with van der Waals surface area (Å²) in [4.78, 5) is 14.6. The van der Waals surface area contributed by atoms with Gasteiger partial charge in [0.1, 0.15) is 11.2 Å². The van der Waals surface area contributed by atoms with E-state index in [4.69, 9.17) is 9.15 Å². The SMILES string of the molecule is O=C(c1ccc(C2(O)COC2)cc1)N1CCC(Nc2cc3ccc(C(F)(F)F)cc3o2)CC1. The lowest BCUT2D eigenvalue weighted by Gasteiger charge is -2.37. The number of benzene rings is 2. The number of carbonyl (C=O) groups is 1. The number of anilines is 1. The van der Waals surface area contributed by atoms with Crippen LogP contribution < -0.4 is 5.32 Å². The Bertz CT molecular complexity index is 1160. The van der Waals surface area contributed by atoms with Crippen molar-refractivity contribution in [2.45, 2.75) is 30.7 Å². The van der Waals surface area contributed by atoms with Gasteiger partial charge < -0.3 is 24.5 Å². The van der Waals surface area contributed by atoms with E-state index < -0.39 is 17.3 Å². The summed E-state index contributed by atoms with van der Waals surface area (Å²) in [5.74, 6) is 0.350. The second-order valence-corrected chi connectivity index (χ2v) is 8.67. The molecule has 6 nitrogen and oxygen atoms in total. The van der Waals surface area contributed by atoms with Crippen LogP contribution in [0.15, 0.2) is 52.9 Å². The van der Waals surface area contributed by atoms with E-state index in [9.17, 15) is 23.1 Å². The first-order valence-electron chi connectivity index (χ1n) is 10.8. The highest BCUT2D eigenvalue weighted by atomic mass is 19.4. The van der Waals surface area contributed by atoms with Gasteiger partial charge in [-0.3, -0.25) is 4.79 Å². The summed E-state index contributed by atoms with van der Waals surface area (Å²) in [6.45, 7) is 1.62. The number of hydrogen-bond acceptors (Lipinski definition) is 5. The molecule has 1 aromatic heterocycles. The van der Waals surface area contributed by atoms with Gasteiger partial charge in [0.15, 0.2) is 5.88 Å². The predicted molar refractivity (Wildman–Crippen MR) is 115 cm³/mol. The molecule has 174 valence electrons. The minimum Gasteiger partial charge on any atom is -0.441 e. The van der Waals surface area contributed by atoms with Gasteiger partial charge in [-0.25, -0.2) is 0 Å². The van der Waals surface area contributed by atoms with Crippen LogP contribution in [0.3, 0.4) is 0 Å². The summed E-state index contributed by atoms with van der Waals surface area (Å²) in [5, 5.41) is 14.2. The number of furan rings is 1. The van der Waals surface area contributed by atoms with Crippen LogP contribution in [0, 0.1) is 0 Å². The first-order valence-corrected chi connectivity index (χ1v) is 10.8. The molecule has 0 atom stereocenters. The molecule has 1 amide bonds. The quantitative estimate of drug-likeness (QED) is 0.604. The lowest BCUT2D eigenvalue weighted by molar-refractivity contribution is -0.184. The van der Waals surface area contributed by atoms with Gasteiger partial charge in [-0.15, -0.1) is 0 Å². The molecule has 2 aliphatic rings. The number of nitrogens with zero attached hydrogens (tertiary/aromatic N) is 1. The highest BCUT2D eigenvalue weighted by Gasteiger charge is 2.38. The largest absolute Gasteiger partial charge is 0.441 e. The van der Waals surface area contributed by atoms with Crippen molar-refractivity contribution in [3.8, 4) is 0 Å². The zero-order chi connectivity index (χ0) is 23.2. The molecule has 2 saturated heterocycles. The maximum absolute atomic E-state index is 12.9. The molecule has 0 radical (unpaired) electrons. The van der Waals surface area contributed by atoms with Gasteiger partial charge in [0.2, 0.25) is 0 Å². The molecule has 9 heteroatoms. The third kappa shape index (κ3) is 4.30. The molecule has 3 aromatic rings. The number of piperidine rings is 1. The van der Waals surface area contributed by atoms with Gasteiger partial charge in [0, 0.05) is 36.1 Å². The van der Waals surface area contributed by atoms with Crippen LogP contribution in [0.25, 0.3) is 11.0 Å². The molecular weight excluding hydrogens is 437 g/mol. The summed E-state index contributed by atoms with van der Waals surface area (Å²) in [5.41, 5.74) is -0.225. The Hall–Kier alpha value is -3.04. The van der Waals surface area contributed by atoms with Crippen LogP contribution in [0.1, 0.15) is 34.3 Å². The predicted octanol–water partition coefficient (Wildman–Crippen LogP) is 4.39. The van der Waals surface area contributed by atoms with Crippen LogP contribution in [-0.2, 0) is 16.5 Å². The minimum absolute atomic E-state index is 0.0481. The molecule has 0 saturated carbocycles. The van der Waals surface area contributed by atoms with E-state index in [1.807, 2.05) is 0 Å². The van der Waals surface area contributed by atoms with Gasteiger partial charge in [-0.05, 0) is 42.7 Å². The summed E-state index contributed by atoms with van der Waals surface area (Å²) in [6, 6.07) is 12.1. The van der Waals surface area contributed by atoms with E-state index in [1.165, 1.54) is 6.07 Å². The summed E-state index contributed by atoms with van der Waals surface area (Å²) < 4.78 is 49.4. The number of halogens is 3. The highest BCUT2D eigenvalue weighted by molar-refractivity contribution is 5.94. The Labute approximate surface area is 187 Å². The zero-order valence-electron chi connectivity index (χ0n) is 17.7. The summed E-state index contributed by atoms with van der Waals surface area (Å²) in [7, 11) is 0. The third-order valence-corrected chi connectivity index (χ3v) is 6.33. The Balaban J connectivity index is 1.18. The number of amides is 1. The van der Waals surface area contributed by atoms with E-state index >= 15 is 0 Å². The lowest BCUT2D eigenvalue weighted by Crippen LogP contribution is -2.46. The van der Waals surface area contributed by atoms with Crippen molar-refractivity contribution in [2.75, 3.05) is 31.6 Å². The second-order valence-electron chi connectivity index (χ2n) is 8.67. The Morgan fingerprint density at radius 3 is 2.36 bits per heavy atom. The van der Waals surface area contributed by atoms with E-state index in [2.05, 4.69) is 5.32 Å². The number of nitrogens with one attached hydrogen (secondary N) is 1. The number of aliphatic hydroxyl groups is 1. The van der Waals surface area contributed by atoms with Crippen LogP contribution in [0.4, 0.5) is 19.1 Å². The number of alkyl halides is 3.